The van der Waals surface area contributed by atoms with Crippen molar-refractivity contribution in [2.24, 2.45) is 0 Å². The molecule has 0 bridgehead atoms. The predicted octanol–water partition coefficient (Wildman–Crippen LogP) is 4.91. The van der Waals surface area contributed by atoms with E-state index in [2.05, 4.69) is 21.2 Å². The van der Waals surface area contributed by atoms with Crippen LogP contribution in [0.15, 0.2) is 83.3 Å². The van der Waals surface area contributed by atoms with Crippen LogP contribution in [-0.2, 0) is 32.6 Å². The van der Waals surface area contributed by atoms with Gasteiger partial charge in [-0.1, -0.05) is 71.7 Å². The zero-order chi connectivity index (χ0) is 28.4. The molecule has 0 aromatic heterocycles. The molecule has 0 aliphatic rings. The minimum absolute atomic E-state index is 0.0813. The first-order valence-electron chi connectivity index (χ1n) is 12.7. The highest BCUT2D eigenvalue weighted by atomic mass is 79.9. The summed E-state index contributed by atoms with van der Waals surface area (Å²) in [5.74, 6) is -1.40. The van der Waals surface area contributed by atoms with Gasteiger partial charge in [0.1, 0.15) is 18.4 Å². The Morgan fingerprint density at radius 3 is 2.26 bits per heavy atom. The summed E-state index contributed by atoms with van der Waals surface area (Å²) in [4.78, 5) is 28.9. The lowest BCUT2D eigenvalue weighted by molar-refractivity contribution is -0.140. The molecule has 0 aliphatic heterocycles. The largest absolute Gasteiger partial charge is 0.354 e. The third kappa shape index (κ3) is 9.18. The van der Waals surface area contributed by atoms with E-state index in [1.165, 1.54) is 17.0 Å². The summed E-state index contributed by atoms with van der Waals surface area (Å²) in [6.45, 7) is 2.01. The molecule has 3 aromatic rings. The SMILES string of the molecule is CCCCNC(=O)[C@H](Cc1ccccc1)N(Cc1cccc(Br)c1)C(=O)CN(c1ccc(F)cc1)S(C)(=O)=O. The first-order chi connectivity index (χ1) is 18.6. The van der Waals surface area contributed by atoms with Crippen LogP contribution in [0.4, 0.5) is 10.1 Å². The second-order valence-corrected chi connectivity index (χ2v) is 12.1. The number of carbonyl (C=O) groups is 2. The van der Waals surface area contributed by atoms with Gasteiger partial charge in [-0.3, -0.25) is 13.9 Å². The first kappa shape index (κ1) is 30.3. The standard InChI is InChI=1S/C29H33BrFN3O4S/c1-3-4-17-32-29(36)27(19-22-9-6-5-7-10-22)33(20-23-11-8-12-24(30)18-23)28(35)21-34(39(2,37)38)26-15-13-25(31)14-16-26/h5-16,18,27H,3-4,17,19-21H2,1-2H3,(H,32,36)/t27-/m0/s1. The van der Waals surface area contributed by atoms with E-state index in [4.69, 9.17) is 0 Å². The van der Waals surface area contributed by atoms with Crippen LogP contribution in [0.25, 0.3) is 0 Å². The molecule has 7 nitrogen and oxygen atoms in total. The molecule has 0 unspecified atom stereocenters. The van der Waals surface area contributed by atoms with E-state index in [9.17, 15) is 22.4 Å². The number of benzene rings is 3. The van der Waals surface area contributed by atoms with Gasteiger partial charge in [0, 0.05) is 24.0 Å². The third-order valence-electron chi connectivity index (χ3n) is 6.14. The average molecular weight is 619 g/mol. The Morgan fingerprint density at radius 2 is 1.64 bits per heavy atom. The highest BCUT2D eigenvalue weighted by Crippen LogP contribution is 2.21. The van der Waals surface area contributed by atoms with Crippen molar-refractivity contribution < 1.29 is 22.4 Å². The zero-order valence-corrected chi connectivity index (χ0v) is 24.4. The van der Waals surface area contributed by atoms with Gasteiger partial charge >= 0.3 is 0 Å². The minimum atomic E-state index is -3.91. The van der Waals surface area contributed by atoms with Crippen molar-refractivity contribution in [3.05, 3.63) is 100 Å². The van der Waals surface area contributed by atoms with Crippen molar-refractivity contribution in [3.63, 3.8) is 0 Å². The number of nitrogens with one attached hydrogen (secondary N) is 1. The molecule has 1 atom stereocenters. The average Bonchev–Trinajstić information content (AvgIpc) is 2.90. The Balaban J connectivity index is 2.02. The lowest BCUT2D eigenvalue weighted by Crippen LogP contribution is -2.53. The molecule has 0 aliphatic carbocycles. The molecule has 0 saturated carbocycles. The highest BCUT2D eigenvalue weighted by molar-refractivity contribution is 9.10. The number of sulfonamides is 1. The van der Waals surface area contributed by atoms with Crippen LogP contribution in [0.5, 0.6) is 0 Å². The number of carbonyl (C=O) groups excluding carboxylic acids is 2. The van der Waals surface area contributed by atoms with Crippen molar-refractivity contribution >= 4 is 43.5 Å². The molecule has 0 radical (unpaired) electrons. The summed E-state index contributed by atoms with van der Waals surface area (Å²) in [6, 6.07) is 20.7. The molecule has 0 spiro atoms. The van der Waals surface area contributed by atoms with Crippen LogP contribution in [-0.4, -0.2) is 50.5 Å². The molecular weight excluding hydrogens is 585 g/mol. The highest BCUT2D eigenvalue weighted by Gasteiger charge is 2.33. The van der Waals surface area contributed by atoms with Gasteiger partial charge in [0.25, 0.3) is 0 Å². The number of anilines is 1. The van der Waals surface area contributed by atoms with Crippen LogP contribution < -0.4 is 9.62 Å². The normalized spacial score (nSPS) is 12.0. The van der Waals surface area contributed by atoms with E-state index in [-0.39, 0.29) is 24.6 Å². The maximum atomic E-state index is 13.9. The van der Waals surface area contributed by atoms with Crippen molar-refractivity contribution in [1.29, 1.82) is 0 Å². The fourth-order valence-corrected chi connectivity index (χ4v) is 5.41. The summed E-state index contributed by atoms with van der Waals surface area (Å²) < 4.78 is 40.7. The van der Waals surface area contributed by atoms with Crippen LogP contribution in [0.1, 0.15) is 30.9 Å². The molecule has 208 valence electrons. The monoisotopic (exact) mass is 617 g/mol. The first-order valence-corrected chi connectivity index (χ1v) is 15.3. The molecule has 10 heteroatoms. The number of rotatable bonds is 13. The second-order valence-electron chi connectivity index (χ2n) is 9.25. The van der Waals surface area contributed by atoms with Gasteiger partial charge in [0.2, 0.25) is 21.8 Å². The second kappa shape index (κ2) is 14.2. The van der Waals surface area contributed by atoms with Gasteiger partial charge in [-0.25, -0.2) is 12.8 Å². The molecule has 0 saturated heterocycles. The third-order valence-corrected chi connectivity index (χ3v) is 7.77. The number of amides is 2. The van der Waals surface area contributed by atoms with Gasteiger partial charge in [-0.05, 0) is 53.9 Å². The molecule has 1 N–H and O–H groups in total. The summed E-state index contributed by atoms with van der Waals surface area (Å²) in [5.41, 5.74) is 1.78. The van der Waals surface area contributed by atoms with Gasteiger partial charge in [-0.2, -0.15) is 0 Å². The Bertz CT molecular complexity index is 1350. The Labute approximate surface area is 238 Å². The van der Waals surface area contributed by atoms with E-state index >= 15 is 0 Å². The molecular formula is C29H33BrFN3O4S. The van der Waals surface area contributed by atoms with E-state index < -0.39 is 34.3 Å². The number of hydrogen-bond acceptors (Lipinski definition) is 4. The zero-order valence-electron chi connectivity index (χ0n) is 22.0. The number of nitrogens with zero attached hydrogens (tertiary/aromatic N) is 2. The fourth-order valence-electron chi connectivity index (χ4n) is 4.11. The van der Waals surface area contributed by atoms with Crippen molar-refractivity contribution in [3.8, 4) is 0 Å². The van der Waals surface area contributed by atoms with Crippen LogP contribution in [0.2, 0.25) is 0 Å². The molecule has 39 heavy (non-hydrogen) atoms. The van der Waals surface area contributed by atoms with Gasteiger partial charge in [-0.15, -0.1) is 0 Å². The number of hydrogen-bond donors (Lipinski definition) is 1. The van der Waals surface area contributed by atoms with Crippen molar-refractivity contribution in [1.82, 2.24) is 10.2 Å². The smallest absolute Gasteiger partial charge is 0.244 e. The van der Waals surface area contributed by atoms with Gasteiger partial charge in [0.05, 0.1) is 11.9 Å². The molecule has 0 fully saturated rings. The summed E-state index contributed by atoms with van der Waals surface area (Å²) in [7, 11) is -3.91. The molecule has 3 aromatic carbocycles. The van der Waals surface area contributed by atoms with E-state index in [1.807, 2.05) is 61.5 Å². The van der Waals surface area contributed by atoms with E-state index in [0.29, 0.717) is 6.54 Å². The summed E-state index contributed by atoms with van der Waals surface area (Å²) in [5, 5.41) is 2.94. The Hall–Kier alpha value is -3.24. The summed E-state index contributed by atoms with van der Waals surface area (Å²) >= 11 is 3.45. The quantitative estimate of drug-likeness (QED) is 0.276. The molecule has 0 heterocycles. The summed E-state index contributed by atoms with van der Waals surface area (Å²) in [6.07, 6.45) is 2.91. The fraction of sp³-hybridized carbons (Fsp3) is 0.310. The van der Waals surface area contributed by atoms with E-state index in [0.717, 1.165) is 51.1 Å². The van der Waals surface area contributed by atoms with Gasteiger partial charge in [0.15, 0.2) is 0 Å². The minimum Gasteiger partial charge on any atom is -0.354 e. The maximum Gasteiger partial charge on any atom is 0.244 e. The van der Waals surface area contributed by atoms with E-state index in [1.54, 1.807) is 0 Å². The molecule has 3 rings (SSSR count). The number of unbranched alkanes of at least 4 members (excludes halogenated alkanes) is 1. The van der Waals surface area contributed by atoms with Crippen LogP contribution >= 0.6 is 15.9 Å². The predicted molar refractivity (Wildman–Crippen MR) is 155 cm³/mol. The van der Waals surface area contributed by atoms with Crippen LogP contribution in [0.3, 0.4) is 0 Å². The van der Waals surface area contributed by atoms with Gasteiger partial charge < -0.3 is 10.2 Å². The van der Waals surface area contributed by atoms with Crippen molar-refractivity contribution in [2.45, 2.75) is 38.8 Å². The lowest BCUT2D eigenvalue weighted by Gasteiger charge is -2.33. The Morgan fingerprint density at radius 1 is 0.974 bits per heavy atom. The van der Waals surface area contributed by atoms with Crippen LogP contribution in [0, 0.1) is 5.82 Å². The lowest BCUT2D eigenvalue weighted by atomic mass is 10.0. The Kier molecular flexibility index (Phi) is 11.1. The topological polar surface area (TPSA) is 86.8 Å². The maximum absolute atomic E-state index is 13.9. The molecule has 2 amide bonds. The number of halogens is 2. The van der Waals surface area contributed by atoms with Crippen molar-refractivity contribution in [2.75, 3.05) is 23.7 Å².